The number of esters is 1. The maximum absolute atomic E-state index is 9.75. The Bertz CT molecular complexity index is 324. The van der Waals surface area contributed by atoms with E-state index in [1.165, 1.54) is 6.92 Å². The summed E-state index contributed by atoms with van der Waals surface area (Å²) in [7, 11) is -4.04. The van der Waals surface area contributed by atoms with E-state index in [1.807, 2.05) is 0 Å². The average molecular weight is 302 g/mol. The molecule has 0 amide bonds. The first-order valence-electron chi connectivity index (χ1n) is 4.32. The van der Waals surface area contributed by atoms with Gasteiger partial charge in [-0.3, -0.25) is 4.79 Å². The van der Waals surface area contributed by atoms with Gasteiger partial charge in [0.05, 0.1) is 28.4 Å². The second-order valence-corrected chi connectivity index (χ2v) is 3.42. The minimum Gasteiger partial charge on any atom is -0.748 e. The molecule has 1 N–H and O–H groups in total. The van der Waals surface area contributed by atoms with Crippen molar-refractivity contribution in [2.45, 2.75) is 6.92 Å². The molecule has 0 heterocycles. The van der Waals surface area contributed by atoms with E-state index in [-0.39, 0.29) is 35.5 Å². The van der Waals surface area contributed by atoms with E-state index in [2.05, 4.69) is 37.6 Å². The van der Waals surface area contributed by atoms with Crippen LogP contribution in [0.3, 0.4) is 0 Å². The van der Waals surface area contributed by atoms with Crippen molar-refractivity contribution in [3.63, 3.8) is 0 Å². The molecule has 6 nitrogen and oxygen atoms in total. The largest absolute Gasteiger partial charge is 1.00 e. The first kappa shape index (κ1) is 30.9. The standard InChI is InChI=1S/C4H6O2.C3H6O3S.C2H4O.C2H4.Na/c1-3-6-4(2)5;1-2-3-7(4,5)6;1-2-3;1-2;/h3H,1H2,2H3;2H,1,3H2,(H,4,5,6);2-3H,1H2;1-2H2;/q;;;;+1/p-1. The van der Waals surface area contributed by atoms with E-state index in [0.717, 1.165) is 18.6 Å². The van der Waals surface area contributed by atoms with Gasteiger partial charge in [-0.05, 0) is 0 Å². The molecule has 0 spiro atoms. The Labute approximate surface area is 137 Å². The molecule has 0 saturated heterocycles. The Kier molecular flexibility index (Phi) is 42.0. The van der Waals surface area contributed by atoms with Crippen molar-refractivity contribution in [3.05, 3.63) is 51.5 Å². The minimum absolute atomic E-state index is 0. The monoisotopic (exact) mass is 302 g/mol. The number of ether oxygens (including phenoxy) is 1. The molecule has 0 aliphatic rings. The Morgan fingerprint density at radius 1 is 1.32 bits per heavy atom. The van der Waals surface area contributed by atoms with Crippen LogP contribution >= 0.6 is 0 Å². The molecular weight excluding hydrogens is 283 g/mol. The zero-order valence-corrected chi connectivity index (χ0v) is 14.2. The molecule has 0 atom stereocenters. The molecule has 0 aromatic rings. The normalized spacial score (nSPS) is 7.05. The number of carbonyl (C=O) groups excluding carboxylic acids is 1. The van der Waals surface area contributed by atoms with Crippen molar-refractivity contribution in [2.24, 2.45) is 0 Å². The SMILES string of the molecule is C=C.C=CCS(=O)(=O)[O-].C=CO.C=COC(C)=O.[Na+]. The van der Waals surface area contributed by atoms with Crippen molar-refractivity contribution in [1.29, 1.82) is 0 Å². The molecule has 0 aliphatic heterocycles. The summed E-state index contributed by atoms with van der Waals surface area (Å²) in [4.78, 5) is 9.75. The molecule has 0 fully saturated rings. The Morgan fingerprint density at radius 2 is 1.63 bits per heavy atom. The first-order valence-corrected chi connectivity index (χ1v) is 5.90. The molecular formula is C11H19NaO6S. The van der Waals surface area contributed by atoms with Crippen LogP contribution in [0.15, 0.2) is 51.5 Å². The van der Waals surface area contributed by atoms with Gasteiger partial charge in [0.2, 0.25) is 0 Å². The topological polar surface area (TPSA) is 104 Å². The van der Waals surface area contributed by atoms with Crippen LogP contribution < -0.4 is 29.6 Å². The zero-order chi connectivity index (χ0) is 15.6. The third kappa shape index (κ3) is 104. The summed E-state index contributed by atoms with van der Waals surface area (Å²) in [6, 6.07) is 0. The van der Waals surface area contributed by atoms with Gasteiger partial charge in [0.25, 0.3) is 0 Å². The summed E-state index contributed by atoms with van der Waals surface area (Å²) in [5.41, 5.74) is 0. The third-order valence-electron chi connectivity index (χ3n) is 0.571. The van der Waals surface area contributed by atoms with Crippen LogP contribution in [0.5, 0.6) is 0 Å². The number of aliphatic hydroxyl groups is 1. The van der Waals surface area contributed by atoms with Gasteiger partial charge in [-0.15, -0.1) is 19.7 Å². The number of hydrogen-bond donors (Lipinski definition) is 1. The van der Waals surface area contributed by atoms with E-state index >= 15 is 0 Å². The summed E-state index contributed by atoms with van der Waals surface area (Å²) < 4.78 is 33.0. The maximum Gasteiger partial charge on any atom is 1.00 e. The van der Waals surface area contributed by atoms with E-state index in [9.17, 15) is 17.8 Å². The second kappa shape index (κ2) is 25.9. The van der Waals surface area contributed by atoms with Crippen LogP contribution in [0.2, 0.25) is 0 Å². The minimum atomic E-state index is -4.04. The van der Waals surface area contributed by atoms with Gasteiger partial charge in [0.15, 0.2) is 0 Å². The van der Waals surface area contributed by atoms with Crippen LogP contribution in [0, 0.1) is 0 Å². The Hall–Kier alpha value is -0.860. The van der Waals surface area contributed by atoms with Gasteiger partial charge in [-0.1, -0.05) is 19.2 Å². The molecule has 0 rings (SSSR count). The third-order valence-corrected chi connectivity index (χ3v) is 1.22. The fourth-order valence-corrected chi connectivity index (χ4v) is 0.550. The molecule has 106 valence electrons. The summed E-state index contributed by atoms with van der Waals surface area (Å²) >= 11 is 0. The predicted molar refractivity (Wildman–Crippen MR) is 70.8 cm³/mol. The number of aliphatic hydroxyl groups excluding tert-OH is 1. The van der Waals surface area contributed by atoms with E-state index in [1.54, 1.807) is 0 Å². The molecule has 0 radical (unpaired) electrons. The van der Waals surface area contributed by atoms with Crippen LogP contribution in [0.1, 0.15) is 6.92 Å². The van der Waals surface area contributed by atoms with Gasteiger partial charge >= 0.3 is 35.5 Å². The van der Waals surface area contributed by atoms with Crippen molar-refractivity contribution < 1.29 is 57.2 Å². The van der Waals surface area contributed by atoms with E-state index in [4.69, 9.17) is 5.11 Å². The molecule has 19 heavy (non-hydrogen) atoms. The smallest absolute Gasteiger partial charge is 0.748 e. The van der Waals surface area contributed by atoms with Gasteiger partial charge in [-0.25, -0.2) is 8.42 Å². The Morgan fingerprint density at radius 3 is 1.63 bits per heavy atom. The van der Waals surface area contributed by atoms with Gasteiger partial charge < -0.3 is 14.4 Å². The number of carbonyl (C=O) groups is 1. The van der Waals surface area contributed by atoms with E-state index in [0.29, 0.717) is 0 Å². The number of rotatable bonds is 3. The fraction of sp³-hybridized carbons (Fsp3) is 0.182. The van der Waals surface area contributed by atoms with Gasteiger partial charge in [0.1, 0.15) is 0 Å². The zero-order valence-electron chi connectivity index (χ0n) is 11.4. The molecule has 0 saturated carbocycles. The maximum atomic E-state index is 9.75. The quantitative estimate of drug-likeness (QED) is 0.233. The second-order valence-electron chi connectivity index (χ2n) is 1.97. The average Bonchev–Trinajstić information content (AvgIpc) is 2.20. The fourth-order valence-electron chi connectivity index (χ4n) is 0.262. The van der Waals surface area contributed by atoms with Gasteiger partial charge in [0, 0.05) is 6.92 Å². The van der Waals surface area contributed by atoms with Crippen LogP contribution in [-0.2, 0) is 19.6 Å². The van der Waals surface area contributed by atoms with Crippen LogP contribution in [0.4, 0.5) is 0 Å². The van der Waals surface area contributed by atoms with Crippen molar-refractivity contribution >= 4 is 16.1 Å². The molecule has 0 aromatic heterocycles. The molecule has 0 bridgehead atoms. The van der Waals surface area contributed by atoms with Crippen LogP contribution in [-0.4, -0.2) is 29.8 Å². The first-order chi connectivity index (χ1) is 8.24. The Balaban J connectivity index is -0.0000000499. The predicted octanol–water partition coefficient (Wildman–Crippen LogP) is -1.10. The van der Waals surface area contributed by atoms with Crippen molar-refractivity contribution in [3.8, 4) is 0 Å². The summed E-state index contributed by atoms with van der Waals surface area (Å²) in [6.45, 7) is 16.5. The summed E-state index contributed by atoms with van der Waals surface area (Å²) in [5, 5.41) is 7.33. The molecule has 8 heteroatoms. The van der Waals surface area contributed by atoms with Gasteiger partial charge in [-0.2, -0.15) is 0 Å². The van der Waals surface area contributed by atoms with E-state index < -0.39 is 15.9 Å². The van der Waals surface area contributed by atoms with Crippen LogP contribution in [0.25, 0.3) is 0 Å². The number of hydrogen-bond acceptors (Lipinski definition) is 6. The molecule has 0 aliphatic carbocycles. The molecule has 0 aromatic carbocycles. The molecule has 0 unspecified atom stereocenters. The summed E-state index contributed by atoms with van der Waals surface area (Å²) in [5.74, 6) is -0.808. The summed E-state index contributed by atoms with van der Waals surface area (Å²) in [6.07, 6.45) is 2.91. The van der Waals surface area contributed by atoms with Crippen molar-refractivity contribution in [1.82, 2.24) is 0 Å². The van der Waals surface area contributed by atoms with Crippen molar-refractivity contribution in [2.75, 3.05) is 5.75 Å².